The first-order valence-electron chi connectivity index (χ1n) is 8.13. The van der Waals surface area contributed by atoms with Crippen LogP contribution >= 0.6 is 11.8 Å². The molecule has 0 atom stereocenters. The molecule has 0 bridgehead atoms. The molecule has 0 spiro atoms. The van der Waals surface area contributed by atoms with E-state index >= 15 is 0 Å². The van der Waals surface area contributed by atoms with Crippen LogP contribution < -0.4 is 16.0 Å². The van der Waals surface area contributed by atoms with E-state index < -0.39 is 11.9 Å². The lowest BCUT2D eigenvalue weighted by Crippen LogP contribution is -2.42. The van der Waals surface area contributed by atoms with Crippen molar-refractivity contribution >= 4 is 35.5 Å². The number of carbonyl (C=O) groups is 4. The topological polar surface area (TPSA) is 114 Å². The Morgan fingerprint density at radius 3 is 2.35 bits per heavy atom. The van der Waals surface area contributed by atoms with Crippen LogP contribution in [0.25, 0.3) is 0 Å². The molecule has 1 rings (SSSR count). The number of ether oxygens (including phenoxy) is 1. The lowest BCUT2D eigenvalue weighted by molar-refractivity contribution is -0.154. The molecular weight excluding hydrogens is 358 g/mol. The largest absolute Gasteiger partial charge is 0.459 e. The van der Waals surface area contributed by atoms with Gasteiger partial charge in [0, 0.05) is 18.8 Å². The molecule has 0 fully saturated rings. The molecule has 8 nitrogen and oxygen atoms in total. The van der Waals surface area contributed by atoms with Crippen molar-refractivity contribution in [3.05, 3.63) is 35.9 Å². The quantitative estimate of drug-likeness (QED) is 0.295. The molecule has 1 aromatic carbocycles. The normalized spacial score (nSPS) is 9.88. The van der Waals surface area contributed by atoms with Gasteiger partial charge in [-0.25, -0.2) is 4.79 Å². The van der Waals surface area contributed by atoms with Crippen LogP contribution in [0, 0.1) is 0 Å². The minimum atomic E-state index is -0.959. The Hall–Kier alpha value is -2.55. The summed E-state index contributed by atoms with van der Waals surface area (Å²) in [6.07, 6.45) is 0. The second kappa shape index (κ2) is 12.8. The van der Waals surface area contributed by atoms with E-state index in [0.29, 0.717) is 0 Å². The third-order valence-electron chi connectivity index (χ3n) is 2.98. The van der Waals surface area contributed by atoms with E-state index in [0.717, 1.165) is 11.3 Å². The lowest BCUT2D eigenvalue weighted by Gasteiger charge is -2.08. The zero-order valence-corrected chi connectivity index (χ0v) is 15.4. The maximum atomic E-state index is 11.7. The highest BCUT2D eigenvalue weighted by Crippen LogP contribution is 2.10. The van der Waals surface area contributed by atoms with E-state index in [2.05, 4.69) is 20.7 Å². The van der Waals surface area contributed by atoms with Gasteiger partial charge >= 0.3 is 11.9 Å². The van der Waals surface area contributed by atoms with Crippen molar-refractivity contribution in [2.45, 2.75) is 12.7 Å². The van der Waals surface area contributed by atoms with Crippen molar-refractivity contribution in [3.63, 3.8) is 0 Å². The van der Waals surface area contributed by atoms with E-state index in [1.165, 1.54) is 11.8 Å². The molecule has 0 heterocycles. The highest BCUT2D eigenvalue weighted by molar-refractivity contribution is 7.99. The second-order valence-electron chi connectivity index (χ2n) is 5.08. The molecule has 0 radical (unpaired) electrons. The molecule has 0 saturated heterocycles. The molecule has 3 amide bonds. The molecule has 0 aliphatic heterocycles. The summed E-state index contributed by atoms with van der Waals surface area (Å²) >= 11 is 1.46. The fourth-order valence-electron chi connectivity index (χ4n) is 1.77. The van der Waals surface area contributed by atoms with Gasteiger partial charge in [-0.05, 0) is 12.5 Å². The van der Waals surface area contributed by atoms with Crippen LogP contribution in [-0.2, 0) is 29.7 Å². The van der Waals surface area contributed by atoms with Gasteiger partial charge in [0.25, 0.3) is 0 Å². The molecule has 0 saturated carbocycles. The molecule has 0 unspecified atom stereocenters. The average molecular weight is 381 g/mol. The number of hydrogen-bond acceptors (Lipinski definition) is 6. The maximum absolute atomic E-state index is 11.7. The SMILES string of the molecule is CCOC(=O)C(=O)NCCNC(=O)CNC(=O)CSCc1ccccc1. The van der Waals surface area contributed by atoms with Crippen LogP contribution in [0.15, 0.2) is 30.3 Å². The van der Waals surface area contributed by atoms with Gasteiger partial charge in [-0.1, -0.05) is 30.3 Å². The number of benzene rings is 1. The van der Waals surface area contributed by atoms with Crippen LogP contribution in [0.4, 0.5) is 0 Å². The monoisotopic (exact) mass is 381 g/mol. The molecule has 142 valence electrons. The Balaban J connectivity index is 2.06. The Morgan fingerprint density at radius 2 is 1.65 bits per heavy atom. The summed E-state index contributed by atoms with van der Waals surface area (Å²) in [4.78, 5) is 45.6. The highest BCUT2D eigenvalue weighted by Gasteiger charge is 2.13. The van der Waals surface area contributed by atoms with Crippen LogP contribution in [-0.4, -0.2) is 55.7 Å². The van der Waals surface area contributed by atoms with E-state index in [4.69, 9.17) is 0 Å². The van der Waals surface area contributed by atoms with Crippen molar-refractivity contribution in [1.29, 1.82) is 0 Å². The Kier molecular flexibility index (Phi) is 10.5. The second-order valence-corrected chi connectivity index (χ2v) is 6.07. The number of esters is 1. The first kappa shape index (κ1) is 21.5. The van der Waals surface area contributed by atoms with Crippen molar-refractivity contribution in [1.82, 2.24) is 16.0 Å². The van der Waals surface area contributed by atoms with Crippen molar-refractivity contribution in [2.75, 3.05) is 32.0 Å². The van der Waals surface area contributed by atoms with Gasteiger partial charge in [-0.2, -0.15) is 0 Å². The van der Waals surface area contributed by atoms with Crippen molar-refractivity contribution in [2.24, 2.45) is 0 Å². The van der Waals surface area contributed by atoms with Crippen LogP contribution in [0.3, 0.4) is 0 Å². The van der Waals surface area contributed by atoms with Gasteiger partial charge in [0.15, 0.2) is 0 Å². The van der Waals surface area contributed by atoms with E-state index in [-0.39, 0.29) is 43.8 Å². The first-order chi connectivity index (χ1) is 12.5. The third-order valence-corrected chi connectivity index (χ3v) is 3.99. The average Bonchev–Trinajstić information content (AvgIpc) is 2.64. The highest BCUT2D eigenvalue weighted by atomic mass is 32.2. The van der Waals surface area contributed by atoms with Gasteiger partial charge in [0.05, 0.1) is 18.9 Å². The molecule has 0 aromatic heterocycles. The van der Waals surface area contributed by atoms with Gasteiger partial charge in [0.2, 0.25) is 11.8 Å². The van der Waals surface area contributed by atoms with Gasteiger partial charge in [-0.15, -0.1) is 11.8 Å². The molecule has 0 aliphatic rings. The summed E-state index contributed by atoms with van der Waals surface area (Å²) in [6.45, 7) is 1.80. The fourth-order valence-corrected chi connectivity index (χ4v) is 2.59. The molecule has 1 aromatic rings. The predicted octanol–water partition coefficient (Wildman–Crippen LogP) is -0.168. The zero-order chi connectivity index (χ0) is 19.2. The number of thioether (sulfide) groups is 1. The number of amides is 3. The summed E-state index contributed by atoms with van der Waals surface area (Å²) in [7, 11) is 0. The molecular formula is C17H23N3O5S. The third kappa shape index (κ3) is 9.67. The summed E-state index contributed by atoms with van der Waals surface area (Å²) < 4.78 is 4.52. The van der Waals surface area contributed by atoms with Gasteiger partial charge in [-0.3, -0.25) is 14.4 Å². The number of rotatable bonds is 10. The molecule has 0 aliphatic carbocycles. The number of nitrogens with one attached hydrogen (secondary N) is 3. The van der Waals surface area contributed by atoms with Crippen LogP contribution in [0.2, 0.25) is 0 Å². The predicted molar refractivity (Wildman–Crippen MR) is 98.3 cm³/mol. The molecule has 3 N–H and O–H groups in total. The maximum Gasteiger partial charge on any atom is 0.396 e. The minimum Gasteiger partial charge on any atom is -0.459 e. The summed E-state index contributed by atoms with van der Waals surface area (Å²) in [6, 6.07) is 9.78. The van der Waals surface area contributed by atoms with Gasteiger partial charge < -0.3 is 20.7 Å². The van der Waals surface area contributed by atoms with E-state index in [1.807, 2.05) is 30.3 Å². The molecule has 9 heteroatoms. The first-order valence-corrected chi connectivity index (χ1v) is 9.28. The summed E-state index contributed by atoms with van der Waals surface area (Å²) in [5.41, 5.74) is 1.13. The smallest absolute Gasteiger partial charge is 0.396 e. The van der Waals surface area contributed by atoms with Gasteiger partial charge in [0.1, 0.15) is 0 Å². The minimum absolute atomic E-state index is 0.0876. The van der Waals surface area contributed by atoms with E-state index in [1.54, 1.807) is 6.92 Å². The number of hydrogen-bond donors (Lipinski definition) is 3. The zero-order valence-electron chi connectivity index (χ0n) is 14.6. The van der Waals surface area contributed by atoms with Crippen LogP contribution in [0.1, 0.15) is 12.5 Å². The molecule has 26 heavy (non-hydrogen) atoms. The van der Waals surface area contributed by atoms with Crippen molar-refractivity contribution < 1.29 is 23.9 Å². The van der Waals surface area contributed by atoms with E-state index in [9.17, 15) is 19.2 Å². The Bertz CT molecular complexity index is 610. The Labute approximate surface area is 156 Å². The van der Waals surface area contributed by atoms with Crippen LogP contribution in [0.5, 0.6) is 0 Å². The summed E-state index contributed by atoms with van der Waals surface area (Å²) in [5.74, 6) is -1.43. The fraction of sp³-hybridized carbons (Fsp3) is 0.412. The van der Waals surface area contributed by atoms with Crippen molar-refractivity contribution in [3.8, 4) is 0 Å². The summed E-state index contributed by atoms with van der Waals surface area (Å²) in [5, 5.41) is 7.35. The lowest BCUT2D eigenvalue weighted by atomic mass is 10.2. The Morgan fingerprint density at radius 1 is 0.962 bits per heavy atom. The number of carbonyl (C=O) groups excluding carboxylic acids is 4. The standard InChI is InChI=1S/C17H23N3O5S/c1-2-25-17(24)16(23)19-9-8-18-14(21)10-20-15(22)12-26-11-13-6-4-3-5-7-13/h3-7H,2,8-12H2,1H3,(H,18,21)(H,19,23)(H,20,22).